The Labute approximate surface area is 224 Å². The molecule has 3 heterocycles. The normalized spacial score (nSPS) is 23.1. The van der Waals surface area contributed by atoms with Gasteiger partial charge in [-0.2, -0.15) is 0 Å². The van der Waals surface area contributed by atoms with Gasteiger partial charge in [0.15, 0.2) is 0 Å². The van der Waals surface area contributed by atoms with E-state index in [0.717, 1.165) is 30.4 Å². The highest BCUT2D eigenvalue weighted by Crippen LogP contribution is 2.59. The van der Waals surface area contributed by atoms with E-state index < -0.39 is 16.9 Å². The molecule has 3 fully saturated rings. The monoisotopic (exact) mass is 526 g/mol. The number of nitro groups is 1. The van der Waals surface area contributed by atoms with Crippen molar-refractivity contribution in [3.05, 3.63) is 74.8 Å². The first-order chi connectivity index (χ1) is 18.8. The summed E-state index contributed by atoms with van der Waals surface area (Å²) < 4.78 is 0. The Morgan fingerprint density at radius 3 is 2.51 bits per heavy atom. The molecule has 4 aliphatic rings. The van der Waals surface area contributed by atoms with Crippen molar-refractivity contribution in [1.82, 2.24) is 15.1 Å². The van der Waals surface area contributed by atoms with Crippen molar-refractivity contribution < 1.29 is 24.1 Å². The number of nitrogens with one attached hydrogen (secondary N) is 1. The molecule has 1 saturated carbocycles. The van der Waals surface area contributed by atoms with Crippen molar-refractivity contribution in [1.29, 1.82) is 0 Å². The number of likely N-dealkylation sites (tertiary alicyclic amines) is 1. The molecule has 2 atom stereocenters. The van der Waals surface area contributed by atoms with E-state index in [0.29, 0.717) is 37.2 Å². The van der Waals surface area contributed by atoms with Gasteiger partial charge in [-0.25, -0.2) is 0 Å². The Morgan fingerprint density at radius 2 is 1.82 bits per heavy atom. The highest BCUT2D eigenvalue weighted by atomic mass is 16.6. The minimum Gasteiger partial charge on any atom is -0.339 e. The van der Waals surface area contributed by atoms with Crippen LogP contribution in [0.5, 0.6) is 0 Å². The SMILES string of the molecule is O=C1CCC(N2Cc3c(C#C[C@H]4CC45CCN(C(=O)c4ccc([N+](=O)[O-])cc4)CC5)cccc3C2=O)C(=O)N1. The molecule has 0 bridgehead atoms. The number of carbonyl (C=O) groups is 4. The number of non-ortho nitro benzene ring substituents is 1. The van der Waals surface area contributed by atoms with E-state index >= 15 is 0 Å². The summed E-state index contributed by atoms with van der Waals surface area (Å²) >= 11 is 0. The lowest BCUT2D eigenvalue weighted by molar-refractivity contribution is -0.384. The van der Waals surface area contributed by atoms with Crippen LogP contribution in [0.4, 0.5) is 5.69 Å². The van der Waals surface area contributed by atoms with E-state index in [-0.39, 0.29) is 41.2 Å². The first kappa shape index (κ1) is 24.8. The van der Waals surface area contributed by atoms with Gasteiger partial charge in [-0.05, 0) is 60.9 Å². The molecule has 39 heavy (non-hydrogen) atoms. The molecule has 3 aliphatic heterocycles. The van der Waals surface area contributed by atoms with Crippen LogP contribution in [0.2, 0.25) is 0 Å². The molecule has 1 spiro atoms. The molecule has 1 N–H and O–H groups in total. The number of nitrogens with zero attached hydrogens (tertiary/aromatic N) is 3. The van der Waals surface area contributed by atoms with Crippen molar-refractivity contribution in [2.75, 3.05) is 13.1 Å². The average Bonchev–Trinajstić information content (AvgIpc) is 3.49. The Kier molecular flexibility index (Phi) is 5.94. The number of rotatable bonds is 3. The van der Waals surface area contributed by atoms with E-state index in [1.54, 1.807) is 17.0 Å². The average molecular weight is 527 g/mol. The van der Waals surface area contributed by atoms with Gasteiger partial charge in [0.1, 0.15) is 6.04 Å². The minimum absolute atomic E-state index is 0.0411. The Hall–Kier alpha value is -4.52. The van der Waals surface area contributed by atoms with Crippen LogP contribution in [-0.2, 0) is 16.1 Å². The van der Waals surface area contributed by atoms with Crippen LogP contribution in [0.25, 0.3) is 0 Å². The lowest BCUT2D eigenvalue weighted by Crippen LogP contribution is -2.52. The summed E-state index contributed by atoms with van der Waals surface area (Å²) in [4.78, 5) is 63.5. The van der Waals surface area contributed by atoms with Gasteiger partial charge in [0, 0.05) is 60.8 Å². The van der Waals surface area contributed by atoms with Crippen molar-refractivity contribution in [2.45, 2.75) is 44.7 Å². The van der Waals surface area contributed by atoms with Gasteiger partial charge in [-0.15, -0.1) is 0 Å². The maximum absolute atomic E-state index is 13.1. The number of imide groups is 1. The van der Waals surface area contributed by atoms with Crippen LogP contribution in [0.3, 0.4) is 0 Å². The molecule has 0 aromatic heterocycles. The topological polar surface area (TPSA) is 130 Å². The molecular formula is C29H26N4O6. The lowest BCUT2D eigenvalue weighted by atomic mass is 9.90. The number of amides is 4. The Bertz CT molecular complexity index is 1480. The van der Waals surface area contributed by atoms with Gasteiger partial charge < -0.3 is 9.80 Å². The smallest absolute Gasteiger partial charge is 0.269 e. The minimum atomic E-state index is -0.658. The predicted octanol–water partition coefficient (Wildman–Crippen LogP) is 2.65. The summed E-state index contributed by atoms with van der Waals surface area (Å²) in [5, 5.41) is 13.2. The zero-order valence-electron chi connectivity index (χ0n) is 21.1. The summed E-state index contributed by atoms with van der Waals surface area (Å²) in [6.07, 6.45) is 3.19. The molecule has 1 unspecified atom stereocenters. The molecule has 4 amide bonds. The first-order valence-corrected chi connectivity index (χ1v) is 13.1. The van der Waals surface area contributed by atoms with Crippen molar-refractivity contribution in [3.8, 4) is 11.8 Å². The molecule has 2 saturated heterocycles. The summed E-state index contributed by atoms with van der Waals surface area (Å²) in [6, 6.07) is 10.5. The molecule has 2 aromatic rings. The van der Waals surface area contributed by atoms with Crippen LogP contribution < -0.4 is 5.32 Å². The summed E-state index contributed by atoms with van der Waals surface area (Å²) in [5.41, 5.74) is 2.64. The molecule has 0 radical (unpaired) electrons. The fourth-order valence-electron chi connectivity index (χ4n) is 6.04. The predicted molar refractivity (Wildman–Crippen MR) is 138 cm³/mol. The number of piperidine rings is 2. The third-order valence-electron chi connectivity index (χ3n) is 8.52. The maximum atomic E-state index is 13.1. The number of carbonyl (C=O) groups excluding carboxylic acids is 4. The highest BCUT2D eigenvalue weighted by Gasteiger charge is 2.54. The summed E-state index contributed by atoms with van der Waals surface area (Å²) in [6.45, 7) is 1.52. The zero-order chi connectivity index (χ0) is 27.3. The molecule has 6 rings (SSSR count). The number of fused-ring (bicyclic) bond motifs is 1. The van der Waals surface area contributed by atoms with Gasteiger partial charge in [0.25, 0.3) is 17.5 Å². The van der Waals surface area contributed by atoms with E-state index in [1.807, 2.05) is 6.07 Å². The van der Waals surface area contributed by atoms with Crippen molar-refractivity contribution >= 4 is 29.3 Å². The molecule has 198 valence electrons. The van der Waals surface area contributed by atoms with Gasteiger partial charge in [-0.1, -0.05) is 17.9 Å². The number of benzene rings is 2. The molecule has 10 nitrogen and oxygen atoms in total. The third-order valence-corrected chi connectivity index (χ3v) is 8.52. The second-order valence-electron chi connectivity index (χ2n) is 10.7. The van der Waals surface area contributed by atoms with E-state index in [1.165, 1.54) is 29.2 Å². The molecule has 1 aliphatic carbocycles. The molecule has 2 aromatic carbocycles. The number of hydrogen-bond donors (Lipinski definition) is 1. The zero-order valence-corrected chi connectivity index (χ0v) is 21.1. The van der Waals surface area contributed by atoms with Crippen molar-refractivity contribution in [3.63, 3.8) is 0 Å². The van der Waals surface area contributed by atoms with E-state index in [4.69, 9.17) is 0 Å². The highest BCUT2D eigenvalue weighted by molar-refractivity contribution is 6.05. The number of nitro benzene ring substituents is 1. The van der Waals surface area contributed by atoms with Crippen molar-refractivity contribution in [2.24, 2.45) is 11.3 Å². The fourth-order valence-corrected chi connectivity index (χ4v) is 6.04. The van der Waals surface area contributed by atoms with Gasteiger partial charge in [0.05, 0.1) is 4.92 Å². The maximum Gasteiger partial charge on any atom is 0.269 e. The lowest BCUT2D eigenvalue weighted by Gasteiger charge is -2.32. The largest absolute Gasteiger partial charge is 0.339 e. The van der Waals surface area contributed by atoms with E-state index in [2.05, 4.69) is 17.2 Å². The van der Waals surface area contributed by atoms with Crippen LogP contribution >= 0.6 is 0 Å². The quantitative estimate of drug-likeness (QED) is 0.283. The van der Waals surface area contributed by atoms with E-state index in [9.17, 15) is 29.3 Å². The van der Waals surface area contributed by atoms with Crippen LogP contribution in [0.1, 0.15) is 63.9 Å². The fraction of sp³-hybridized carbons (Fsp3) is 0.379. The third kappa shape index (κ3) is 4.44. The second kappa shape index (κ2) is 9.34. The Morgan fingerprint density at radius 1 is 1.08 bits per heavy atom. The number of hydrogen-bond acceptors (Lipinski definition) is 6. The first-order valence-electron chi connectivity index (χ1n) is 13.1. The molecule has 10 heteroatoms. The second-order valence-corrected chi connectivity index (χ2v) is 10.7. The van der Waals surface area contributed by atoms with Crippen LogP contribution in [0.15, 0.2) is 42.5 Å². The summed E-state index contributed by atoms with van der Waals surface area (Å²) in [5.74, 6) is 5.85. The standard InChI is InChI=1S/C29H26N4O6/c34-25-11-10-24(26(35)30-25)32-17-23-18(2-1-3-22(23)28(32)37)4-7-20-16-29(20)12-14-31(15-13-29)27(36)19-5-8-21(9-6-19)33(38)39/h1-3,5-6,8-9,20,24H,10-17H2,(H,30,34,35)/t20-,24?/m0/s1. The van der Waals surface area contributed by atoms with Gasteiger partial charge >= 0.3 is 0 Å². The van der Waals surface area contributed by atoms with Crippen LogP contribution in [-0.4, -0.2) is 57.5 Å². The Balaban J connectivity index is 1.10. The summed E-state index contributed by atoms with van der Waals surface area (Å²) in [7, 11) is 0. The van der Waals surface area contributed by atoms with Gasteiger partial charge in [-0.3, -0.25) is 34.6 Å². The molecular weight excluding hydrogens is 500 g/mol. The van der Waals surface area contributed by atoms with Gasteiger partial charge in [0.2, 0.25) is 11.8 Å². The van der Waals surface area contributed by atoms with Crippen LogP contribution in [0, 0.1) is 33.3 Å².